The fourth-order valence-electron chi connectivity index (χ4n) is 2.61. The first-order chi connectivity index (χ1) is 8.09. The Kier molecular flexibility index (Phi) is 4.41. The minimum Gasteiger partial charge on any atom is -0.316 e. The van der Waals surface area contributed by atoms with E-state index in [1.54, 1.807) is 4.31 Å². The minimum absolute atomic E-state index is 0.0249. The highest BCUT2D eigenvalue weighted by Gasteiger charge is 2.29. The molecule has 0 aromatic carbocycles. The van der Waals surface area contributed by atoms with Crippen LogP contribution in [-0.4, -0.2) is 44.9 Å². The van der Waals surface area contributed by atoms with Crippen molar-refractivity contribution in [2.75, 3.05) is 26.2 Å². The van der Waals surface area contributed by atoms with E-state index in [1.807, 2.05) is 6.92 Å². The maximum atomic E-state index is 12.1. The lowest BCUT2D eigenvalue weighted by molar-refractivity contribution is 0.332. The van der Waals surface area contributed by atoms with Crippen molar-refractivity contribution in [2.45, 2.75) is 38.6 Å². The number of hydrogen-bond acceptors (Lipinski definition) is 3. The molecule has 17 heavy (non-hydrogen) atoms. The van der Waals surface area contributed by atoms with E-state index in [0.717, 1.165) is 38.8 Å². The lowest BCUT2D eigenvalue weighted by Gasteiger charge is -2.29. The standard InChI is InChI=1S/C11H23N3O2S/c1-10(11-5-6-12-9-11)13-17(15,16)14-7-3-2-4-8-14/h10-13H,2-9H2,1H3. The van der Waals surface area contributed by atoms with E-state index in [-0.39, 0.29) is 6.04 Å². The molecule has 0 bridgehead atoms. The van der Waals surface area contributed by atoms with Gasteiger partial charge in [0.05, 0.1) is 0 Å². The van der Waals surface area contributed by atoms with Crippen LogP contribution in [0.3, 0.4) is 0 Å². The molecule has 2 aliphatic rings. The highest BCUT2D eigenvalue weighted by atomic mass is 32.2. The Morgan fingerprint density at radius 2 is 2.00 bits per heavy atom. The van der Waals surface area contributed by atoms with Crippen molar-refractivity contribution in [1.29, 1.82) is 0 Å². The summed E-state index contributed by atoms with van der Waals surface area (Å²) in [7, 11) is -3.26. The quantitative estimate of drug-likeness (QED) is 0.765. The molecule has 2 rings (SSSR count). The van der Waals surface area contributed by atoms with Gasteiger partial charge in [0, 0.05) is 19.1 Å². The number of nitrogens with one attached hydrogen (secondary N) is 2. The van der Waals surface area contributed by atoms with Gasteiger partial charge in [-0.3, -0.25) is 0 Å². The Bertz CT molecular complexity index is 333. The molecule has 2 aliphatic heterocycles. The molecule has 0 aromatic rings. The maximum absolute atomic E-state index is 12.1. The zero-order valence-electron chi connectivity index (χ0n) is 10.5. The summed E-state index contributed by atoms with van der Waals surface area (Å²) in [5, 5.41) is 3.27. The number of piperidine rings is 1. The molecule has 0 aliphatic carbocycles. The lowest BCUT2D eigenvalue weighted by Crippen LogP contribution is -2.48. The zero-order valence-corrected chi connectivity index (χ0v) is 11.3. The van der Waals surface area contributed by atoms with Crippen molar-refractivity contribution >= 4 is 10.2 Å². The molecule has 0 spiro atoms. The van der Waals surface area contributed by atoms with Crippen molar-refractivity contribution in [2.24, 2.45) is 5.92 Å². The van der Waals surface area contributed by atoms with Crippen molar-refractivity contribution in [3.8, 4) is 0 Å². The first-order valence-corrected chi connectivity index (χ1v) is 8.02. The molecule has 100 valence electrons. The zero-order chi connectivity index (χ0) is 12.3. The van der Waals surface area contributed by atoms with E-state index in [0.29, 0.717) is 19.0 Å². The smallest absolute Gasteiger partial charge is 0.279 e. The van der Waals surface area contributed by atoms with Gasteiger partial charge < -0.3 is 5.32 Å². The Balaban J connectivity index is 1.91. The molecule has 0 amide bonds. The van der Waals surface area contributed by atoms with Gasteiger partial charge in [0.15, 0.2) is 0 Å². The van der Waals surface area contributed by atoms with Crippen LogP contribution in [0.5, 0.6) is 0 Å². The average molecular weight is 261 g/mol. The molecule has 2 heterocycles. The van der Waals surface area contributed by atoms with Crippen LogP contribution >= 0.6 is 0 Å². The fraction of sp³-hybridized carbons (Fsp3) is 1.00. The van der Waals surface area contributed by atoms with Gasteiger partial charge in [-0.05, 0) is 45.2 Å². The second-order valence-corrected chi connectivity index (χ2v) is 6.83. The minimum atomic E-state index is -3.26. The van der Waals surface area contributed by atoms with Crippen molar-refractivity contribution in [3.05, 3.63) is 0 Å². The van der Waals surface area contributed by atoms with E-state index in [9.17, 15) is 8.42 Å². The van der Waals surface area contributed by atoms with Crippen LogP contribution in [0.2, 0.25) is 0 Å². The van der Waals surface area contributed by atoms with Gasteiger partial charge in [-0.25, -0.2) is 0 Å². The van der Waals surface area contributed by atoms with Crippen LogP contribution in [0, 0.1) is 5.92 Å². The molecule has 2 fully saturated rings. The predicted octanol–water partition coefficient (Wildman–Crippen LogP) is 0.305. The predicted molar refractivity (Wildman–Crippen MR) is 67.9 cm³/mol. The fourth-order valence-corrected chi connectivity index (χ4v) is 4.16. The third-order valence-electron chi connectivity index (χ3n) is 3.80. The van der Waals surface area contributed by atoms with Crippen LogP contribution < -0.4 is 10.0 Å². The van der Waals surface area contributed by atoms with Gasteiger partial charge in [0.2, 0.25) is 0 Å². The topological polar surface area (TPSA) is 61.4 Å². The Morgan fingerprint density at radius 3 is 2.59 bits per heavy atom. The van der Waals surface area contributed by atoms with Crippen LogP contribution in [0.15, 0.2) is 0 Å². The average Bonchev–Trinajstić information content (AvgIpc) is 2.83. The van der Waals surface area contributed by atoms with Gasteiger partial charge in [0.1, 0.15) is 0 Å². The van der Waals surface area contributed by atoms with Crippen LogP contribution in [-0.2, 0) is 10.2 Å². The summed E-state index contributed by atoms with van der Waals surface area (Å²) in [6.45, 7) is 5.24. The molecule has 0 saturated carbocycles. The molecule has 6 heteroatoms. The van der Waals surface area contributed by atoms with Gasteiger partial charge in [-0.1, -0.05) is 6.42 Å². The summed E-state index contributed by atoms with van der Waals surface area (Å²) >= 11 is 0. The SMILES string of the molecule is CC(NS(=O)(=O)N1CCCCC1)C1CCNC1. The molecular weight excluding hydrogens is 238 g/mol. The first-order valence-electron chi connectivity index (χ1n) is 6.58. The Hall–Kier alpha value is -0.170. The number of rotatable bonds is 4. The summed E-state index contributed by atoms with van der Waals surface area (Å²) in [6.07, 6.45) is 4.18. The molecule has 0 aromatic heterocycles. The van der Waals surface area contributed by atoms with E-state index >= 15 is 0 Å². The van der Waals surface area contributed by atoms with Crippen molar-refractivity contribution < 1.29 is 8.42 Å². The summed E-state index contributed by atoms with van der Waals surface area (Å²) in [5.41, 5.74) is 0. The molecule has 0 radical (unpaired) electrons. The normalized spacial score (nSPS) is 29.4. The summed E-state index contributed by atoms with van der Waals surface area (Å²) < 4.78 is 28.7. The second-order valence-electron chi connectivity index (χ2n) is 5.12. The monoisotopic (exact) mass is 261 g/mol. The largest absolute Gasteiger partial charge is 0.316 e. The summed E-state index contributed by atoms with van der Waals surface area (Å²) in [4.78, 5) is 0. The van der Waals surface area contributed by atoms with Gasteiger partial charge >= 0.3 is 0 Å². The Morgan fingerprint density at radius 1 is 1.29 bits per heavy atom. The van der Waals surface area contributed by atoms with Crippen LogP contribution in [0.1, 0.15) is 32.6 Å². The molecule has 2 unspecified atom stereocenters. The van der Waals surface area contributed by atoms with Gasteiger partial charge in [-0.15, -0.1) is 0 Å². The maximum Gasteiger partial charge on any atom is 0.279 e. The number of hydrogen-bond donors (Lipinski definition) is 2. The summed E-state index contributed by atoms with van der Waals surface area (Å²) in [5.74, 6) is 0.426. The van der Waals surface area contributed by atoms with Gasteiger partial charge in [0.25, 0.3) is 10.2 Å². The summed E-state index contributed by atoms with van der Waals surface area (Å²) in [6, 6.07) is 0.0249. The lowest BCUT2D eigenvalue weighted by atomic mass is 10.0. The second kappa shape index (κ2) is 5.65. The number of nitrogens with zero attached hydrogens (tertiary/aromatic N) is 1. The van der Waals surface area contributed by atoms with Crippen molar-refractivity contribution in [1.82, 2.24) is 14.3 Å². The molecule has 5 nitrogen and oxygen atoms in total. The highest BCUT2D eigenvalue weighted by molar-refractivity contribution is 7.87. The Labute approximate surface area is 104 Å². The molecule has 2 atom stereocenters. The molecular formula is C11H23N3O2S. The van der Waals surface area contributed by atoms with E-state index < -0.39 is 10.2 Å². The first kappa shape index (κ1) is 13.3. The third-order valence-corrected chi connectivity index (χ3v) is 5.51. The third kappa shape index (κ3) is 3.40. The highest BCUT2D eigenvalue weighted by Crippen LogP contribution is 2.16. The molecule has 2 N–H and O–H groups in total. The van der Waals surface area contributed by atoms with Crippen LogP contribution in [0.25, 0.3) is 0 Å². The molecule has 2 saturated heterocycles. The van der Waals surface area contributed by atoms with E-state index in [2.05, 4.69) is 10.0 Å². The van der Waals surface area contributed by atoms with E-state index in [1.165, 1.54) is 0 Å². The van der Waals surface area contributed by atoms with Gasteiger partial charge in [-0.2, -0.15) is 17.4 Å². The van der Waals surface area contributed by atoms with E-state index in [4.69, 9.17) is 0 Å². The van der Waals surface area contributed by atoms with Crippen molar-refractivity contribution in [3.63, 3.8) is 0 Å². The van der Waals surface area contributed by atoms with Crippen LogP contribution in [0.4, 0.5) is 0 Å².